The first-order valence-corrected chi connectivity index (χ1v) is 13.2. The van der Waals surface area contributed by atoms with Gasteiger partial charge in [-0.05, 0) is 67.5 Å². The molecule has 1 amide bonds. The van der Waals surface area contributed by atoms with Crippen molar-refractivity contribution in [1.82, 2.24) is 20.1 Å². The van der Waals surface area contributed by atoms with Crippen LogP contribution in [0, 0.1) is 5.92 Å². The number of hydrogen-bond acceptors (Lipinski definition) is 5. The Hall–Kier alpha value is -3.33. The van der Waals surface area contributed by atoms with E-state index in [-0.39, 0.29) is 17.4 Å². The highest BCUT2D eigenvalue weighted by Gasteiger charge is 2.53. The molecule has 3 aromatic rings. The fraction of sp³-hybridized carbons (Fsp3) is 0.483. The van der Waals surface area contributed by atoms with E-state index >= 15 is 0 Å². The normalized spacial score (nSPS) is 28.0. The molecule has 3 aliphatic rings. The smallest absolute Gasteiger partial charge is 0.251 e. The van der Waals surface area contributed by atoms with Gasteiger partial charge < -0.3 is 19.5 Å². The summed E-state index contributed by atoms with van der Waals surface area (Å²) in [5.74, 6) is 0.0663. The molecule has 2 saturated carbocycles. The summed E-state index contributed by atoms with van der Waals surface area (Å²) < 4.78 is 35.9. The van der Waals surface area contributed by atoms with Crippen LogP contribution in [0.15, 0.2) is 48.8 Å². The number of aromatic nitrogens is 3. The minimum atomic E-state index is -2.40. The summed E-state index contributed by atoms with van der Waals surface area (Å²) in [7, 11) is 3.67. The highest BCUT2D eigenvalue weighted by Crippen LogP contribution is 2.52. The number of anilines is 1. The highest BCUT2D eigenvalue weighted by atomic mass is 19.3. The van der Waals surface area contributed by atoms with E-state index < -0.39 is 17.9 Å². The van der Waals surface area contributed by atoms with Crippen LogP contribution in [-0.4, -0.2) is 45.8 Å². The van der Waals surface area contributed by atoms with Gasteiger partial charge in [-0.3, -0.25) is 4.79 Å². The summed E-state index contributed by atoms with van der Waals surface area (Å²) in [6, 6.07) is 14.1. The van der Waals surface area contributed by atoms with Crippen molar-refractivity contribution in [3.05, 3.63) is 76.9 Å². The number of fused-ring (bicyclic) bond motifs is 1. The maximum absolute atomic E-state index is 14.2. The number of aryl methyl sites for hydroxylation is 1. The molecule has 1 N–H and O–H groups in total. The molecule has 38 heavy (non-hydrogen) atoms. The Kier molecular flexibility index (Phi) is 6.01. The Balaban J connectivity index is 1.41. The molecule has 200 valence electrons. The van der Waals surface area contributed by atoms with Gasteiger partial charge in [0.25, 0.3) is 5.91 Å². The number of hydrogen-bond donors (Lipinski definition) is 1. The molecule has 1 aromatic heterocycles. The average molecular weight is 522 g/mol. The van der Waals surface area contributed by atoms with Crippen molar-refractivity contribution in [2.45, 2.75) is 69.2 Å². The molecule has 0 bridgehead atoms. The second kappa shape index (κ2) is 9.15. The third kappa shape index (κ3) is 3.82. The van der Waals surface area contributed by atoms with Gasteiger partial charge in [0.05, 0.1) is 11.5 Å². The first kappa shape index (κ1) is 25.0. The highest BCUT2D eigenvalue weighted by molar-refractivity contribution is 5.98. The largest absolute Gasteiger partial charge is 0.381 e. The van der Waals surface area contributed by atoms with E-state index in [1.807, 2.05) is 48.9 Å². The van der Waals surface area contributed by atoms with E-state index in [4.69, 9.17) is 4.74 Å². The molecule has 7 nitrogen and oxygen atoms in total. The fourth-order valence-electron chi connectivity index (χ4n) is 6.69. The van der Waals surface area contributed by atoms with Crippen molar-refractivity contribution in [2.24, 2.45) is 13.0 Å². The van der Waals surface area contributed by atoms with Crippen molar-refractivity contribution in [2.75, 3.05) is 12.0 Å². The third-order valence-electron chi connectivity index (χ3n) is 9.22. The molecule has 2 fully saturated rings. The molecule has 2 aromatic carbocycles. The molecule has 6 rings (SSSR count). The summed E-state index contributed by atoms with van der Waals surface area (Å²) in [5, 5.41) is 11.4. The molecule has 0 radical (unpaired) electrons. The van der Waals surface area contributed by atoms with Crippen LogP contribution in [0.25, 0.3) is 0 Å². The summed E-state index contributed by atoms with van der Waals surface area (Å²) in [6.07, 6.45) is 2.15. The second-order valence-corrected chi connectivity index (χ2v) is 11.3. The van der Waals surface area contributed by atoms with Gasteiger partial charge in [-0.2, -0.15) is 0 Å². The molecule has 2 aliphatic carbocycles. The first-order chi connectivity index (χ1) is 18.2. The van der Waals surface area contributed by atoms with Crippen LogP contribution < -0.4 is 10.2 Å². The number of ether oxygens (including phenoxy) is 1. The van der Waals surface area contributed by atoms with E-state index in [0.717, 1.165) is 41.0 Å². The zero-order chi connectivity index (χ0) is 26.7. The fourth-order valence-corrected chi connectivity index (χ4v) is 6.69. The van der Waals surface area contributed by atoms with Crippen molar-refractivity contribution < 1.29 is 18.3 Å². The zero-order valence-electron chi connectivity index (χ0n) is 22.0. The van der Waals surface area contributed by atoms with Crippen LogP contribution in [0.4, 0.5) is 14.5 Å². The number of carbonyl (C=O) groups excluding carboxylic acids is 1. The molecule has 2 heterocycles. The van der Waals surface area contributed by atoms with Crippen LogP contribution in [-0.2, 0) is 30.3 Å². The van der Waals surface area contributed by atoms with E-state index in [1.54, 1.807) is 13.4 Å². The molecule has 0 saturated heterocycles. The van der Waals surface area contributed by atoms with Crippen LogP contribution >= 0.6 is 0 Å². The average Bonchev–Trinajstić information content (AvgIpc) is 3.46. The molecule has 0 unspecified atom stereocenters. The van der Waals surface area contributed by atoms with Crippen LogP contribution in [0.1, 0.15) is 65.5 Å². The molecular weight excluding hydrogens is 488 g/mol. The van der Waals surface area contributed by atoms with Gasteiger partial charge in [-0.15, -0.1) is 10.2 Å². The number of rotatable bonds is 8. The van der Waals surface area contributed by atoms with E-state index in [2.05, 4.69) is 32.5 Å². The lowest BCUT2D eigenvalue weighted by atomic mass is 9.61. The Morgan fingerprint density at radius 2 is 2.05 bits per heavy atom. The number of carbonyl (C=O) groups is 1. The topological polar surface area (TPSA) is 72.3 Å². The lowest BCUT2D eigenvalue weighted by molar-refractivity contribution is -0.0256. The van der Waals surface area contributed by atoms with E-state index in [9.17, 15) is 13.6 Å². The Morgan fingerprint density at radius 1 is 1.24 bits per heavy atom. The minimum absolute atomic E-state index is 0.0843. The summed E-state index contributed by atoms with van der Waals surface area (Å²) in [5.41, 5.74) is 3.47. The second-order valence-electron chi connectivity index (χ2n) is 11.3. The minimum Gasteiger partial charge on any atom is -0.381 e. The van der Waals surface area contributed by atoms with Crippen molar-refractivity contribution in [1.29, 1.82) is 0 Å². The number of halogens is 2. The molecular formula is C29H33F2N5O2. The van der Waals surface area contributed by atoms with Crippen LogP contribution in [0.3, 0.4) is 0 Å². The predicted molar refractivity (Wildman–Crippen MR) is 139 cm³/mol. The number of nitrogens with zero attached hydrogens (tertiary/aromatic N) is 4. The van der Waals surface area contributed by atoms with Gasteiger partial charge in [0.15, 0.2) is 0 Å². The lowest BCUT2D eigenvalue weighted by Crippen LogP contribution is -2.60. The first-order valence-electron chi connectivity index (χ1n) is 13.2. The summed E-state index contributed by atoms with van der Waals surface area (Å²) >= 11 is 0. The number of nitrogens with one attached hydrogen (secondary N) is 1. The molecule has 1 aliphatic heterocycles. The lowest BCUT2D eigenvalue weighted by Gasteiger charge is -2.55. The number of amides is 1. The van der Waals surface area contributed by atoms with Crippen LogP contribution in [0.5, 0.6) is 0 Å². The van der Waals surface area contributed by atoms with Gasteiger partial charge in [-0.1, -0.05) is 24.3 Å². The van der Waals surface area contributed by atoms with Gasteiger partial charge in [-0.25, -0.2) is 8.78 Å². The van der Waals surface area contributed by atoms with Crippen molar-refractivity contribution >= 4 is 11.6 Å². The van der Waals surface area contributed by atoms with Crippen molar-refractivity contribution in [3.63, 3.8) is 0 Å². The summed E-state index contributed by atoms with van der Waals surface area (Å²) in [6.45, 7) is 2.90. The van der Waals surface area contributed by atoms with Crippen molar-refractivity contribution in [3.8, 4) is 0 Å². The van der Waals surface area contributed by atoms with Gasteiger partial charge in [0, 0.05) is 50.0 Å². The Labute approximate surface area is 221 Å². The summed E-state index contributed by atoms with van der Waals surface area (Å²) in [4.78, 5) is 14.4. The number of benzene rings is 2. The monoisotopic (exact) mass is 521 g/mol. The number of alkyl halides is 2. The number of methoxy groups -OCH3 is 1. The van der Waals surface area contributed by atoms with Gasteiger partial charge in [0.1, 0.15) is 12.2 Å². The Bertz CT molecular complexity index is 1370. The molecule has 9 heteroatoms. The van der Waals surface area contributed by atoms with E-state index in [1.165, 1.54) is 0 Å². The van der Waals surface area contributed by atoms with Gasteiger partial charge >= 0.3 is 0 Å². The zero-order valence-corrected chi connectivity index (χ0v) is 22.0. The van der Waals surface area contributed by atoms with E-state index in [0.29, 0.717) is 31.5 Å². The standard InChI is InChI=1S/C29H33F2N5O2/c1-28(10-9-24(28)25(30)31)36(16-18-7-8-19-15-32-26(37)23(19)11-18)21-6-4-5-20(12-21)29(13-22(14-29)38-3)27-34-33-17-35(27)2/h4-8,11-12,17,22,24-25H,9-10,13-16H2,1-3H3,(H,32,37)/t22?,24-,28+,29?/m0/s1. The third-order valence-corrected chi connectivity index (χ3v) is 9.22. The van der Waals surface area contributed by atoms with Gasteiger partial charge in [0.2, 0.25) is 6.43 Å². The maximum Gasteiger partial charge on any atom is 0.251 e. The molecule has 2 atom stereocenters. The van der Waals surface area contributed by atoms with Crippen LogP contribution in [0.2, 0.25) is 0 Å². The quantitative estimate of drug-likeness (QED) is 0.469. The SMILES string of the molecule is COC1CC(c2cccc(N(Cc3ccc4c(c3)C(=O)NC4)[C@]3(C)CC[C@H]3C(F)F)c2)(c2nncn2C)C1. The maximum atomic E-state index is 14.2. The molecule has 0 spiro atoms. The Morgan fingerprint density at radius 3 is 2.71 bits per heavy atom. The predicted octanol–water partition coefficient (Wildman–Crippen LogP) is 4.59.